The second kappa shape index (κ2) is 8.31. The number of thiazole rings is 1. The van der Waals surface area contributed by atoms with E-state index in [9.17, 15) is 19.5 Å². The molecular formula is C24H22Cl2N2O4S3. The molecule has 2 aliphatic heterocycles. The van der Waals surface area contributed by atoms with E-state index in [1.54, 1.807) is 31.7 Å². The van der Waals surface area contributed by atoms with Crippen molar-refractivity contribution in [2.75, 3.05) is 0 Å². The fourth-order valence-corrected chi connectivity index (χ4v) is 10.9. The molecule has 2 saturated carbocycles. The van der Waals surface area contributed by atoms with Gasteiger partial charge >= 0.3 is 5.97 Å². The van der Waals surface area contributed by atoms with Crippen molar-refractivity contribution >= 4 is 76.3 Å². The van der Waals surface area contributed by atoms with Gasteiger partial charge in [-0.1, -0.05) is 49.2 Å². The van der Waals surface area contributed by atoms with Crippen LogP contribution in [0.2, 0.25) is 10.0 Å². The Kier molecular flexibility index (Phi) is 5.69. The van der Waals surface area contributed by atoms with Crippen molar-refractivity contribution in [3.63, 3.8) is 0 Å². The zero-order chi connectivity index (χ0) is 24.9. The molecule has 8 unspecified atom stereocenters. The number of nitrogens with zero attached hydrogens (tertiary/aromatic N) is 1. The number of carbonyl (C=O) groups is 3. The molecule has 4 aliphatic rings. The third-order valence-corrected chi connectivity index (χ3v) is 12.0. The minimum absolute atomic E-state index is 0.0152. The summed E-state index contributed by atoms with van der Waals surface area (Å²) in [4.78, 5) is 44.8. The summed E-state index contributed by atoms with van der Waals surface area (Å²) in [6.45, 7) is 3.46. The number of H-pyrrole nitrogens is 1. The van der Waals surface area contributed by atoms with E-state index >= 15 is 0 Å². The summed E-state index contributed by atoms with van der Waals surface area (Å²) < 4.78 is 0.678. The number of halogens is 2. The molecule has 8 atom stereocenters. The van der Waals surface area contributed by atoms with Crippen LogP contribution in [0, 0.1) is 39.5 Å². The Hall–Kier alpha value is -1.39. The number of carboxylic acids is 1. The maximum Gasteiger partial charge on any atom is 0.327 e. The molecule has 3 fully saturated rings. The molecule has 2 aliphatic carbocycles. The lowest BCUT2D eigenvalue weighted by molar-refractivity contribution is -0.157. The largest absolute Gasteiger partial charge is 0.480 e. The Morgan fingerprint density at radius 2 is 1.89 bits per heavy atom. The first-order valence-electron chi connectivity index (χ1n) is 11.5. The standard InChI is InChI=1S/C24H22Cl2N2O4S3/c1-7(2)17(23(31)32)28-21(29)14-9-6-10(15(14)22(28)30)18-13(9)12(8-4-3-5-11(25)16(8)26)19-20(34-18)27-24(33)35-19/h3-5,7,9-10,12-15,17-18H,6H2,1-2H3,(H,27,33)(H,31,32). The number of hydrogen-bond acceptors (Lipinski definition) is 6. The minimum atomic E-state index is -1.15. The summed E-state index contributed by atoms with van der Waals surface area (Å²) >= 11 is 21.8. The molecule has 2 amide bonds. The second-order valence-electron chi connectivity index (χ2n) is 10.2. The average molecular weight is 570 g/mol. The highest BCUT2D eigenvalue weighted by Gasteiger charge is 2.70. The van der Waals surface area contributed by atoms with Crippen LogP contribution < -0.4 is 0 Å². The Balaban J connectivity index is 1.47. The number of amides is 2. The zero-order valence-electron chi connectivity index (χ0n) is 18.7. The maximum atomic E-state index is 13.7. The van der Waals surface area contributed by atoms with E-state index in [0.717, 1.165) is 26.8 Å². The van der Waals surface area contributed by atoms with E-state index in [1.165, 1.54) is 11.3 Å². The van der Waals surface area contributed by atoms with E-state index < -0.39 is 23.8 Å². The topological polar surface area (TPSA) is 90.5 Å². The van der Waals surface area contributed by atoms with Crippen molar-refractivity contribution in [3.8, 4) is 0 Å². The van der Waals surface area contributed by atoms with Crippen LogP contribution in [0.3, 0.4) is 0 Å². The van der Waals surface area contributed by atoms with Gasteiger partial charge in [-0.15, -0.1) is 23.1 Å². The zero-order valence-corrected chi connectivity index (χ0v) is 22.7. The van der Waals surface area contributed by atoms with Gasteiger partial charge < -0.3 is 10.1 Å². The fraction of sp³-hybridized carbons (Fsp3) is 0.500. The number of carbonyl (C=O) groups excluding carboxylic acids is 2. The number of hydrogen-bond donors (Lipinski definition) is 2. The van der Waals surface area contributed by atoms with Crippen LogP contribution in [0.4, 0.5) is 0 Å². The van der Waals surface area contributed by atoms with Crippen molar-refractivity contribution < 1.29 is 19.5 Å². The van der Waals surface area contributed by atoms with Crippen molar-refractivity contribution in [2.45, 2.75) is 42.5 Å². The highest BCUT2D eigenvalue weighted by molar-refractivity contribution is 8.00. The first-order valence-corrected chi connectivity index (χ1v) is 14.4. The summed E-state index contributed by atoms with van der Waals surface area (Å²) in [5.41, 5.74) is 0.907. The lowest BCUT2D eigenvalue weighted by Crippen LogP contribution is -2.49. The van der Waals surface area contributed by atoms with Crippen LogP contribution in [-0.2, 0) is 14.4 Å². The lowest BCUT2D eigenvalue weighted by atomic mass is 9.68. The summed E-state index contributed by atoms with van der Waals surface area (Å²) in [5.74, 6) is -3.24. The molecule has 2 aromatic rings. The van der Waals surface area contributed by atoms with Gasteiger partial charge in [-0.3, -0.25) is 14.5 Å². The number of aromatic amines is 1. The summed E-state index contributed by atoms with van der Waals surface area (Å²) in [5, 5.41) is 11.9. The Morgan fingerprint density at radius 3 is 2.54 bits per heavy atom. The molecule has 6 rings (SSSR count). The Morgan fingerprint density at radius 1 is 1.20 bits per heavy atom. The Labute approximate surface area is 225 Å². The molecule has 11 heteroatoms. The minimum Gasteiger partial charge on any atom is -0.480 e. The third kappa shape index (κ3) is 3.27. The predicted molar refractivity (Wildman–Crippen MR) is 138 cm³/mol. The van der Waals surface area contributed by atoms with Gasteiger partial charge in [-0.05, 0) is 53.9 Å². The van der Waals surface area contributed by atoms with Gasteiger partial charge in [0.2, 0.25) is 11.8 Å². The molecule has 3 heterocycles. The van der Waals surface area contributed by atoms with Gasteiger partial charge in [0.15, 0.2) is 3.95 Å². The van der Waals surface area contributed by atoms with E-state index in [2.05, 4.69) is 4.98 Å². The van der Waals surface area contributed by atoms with E-state index in [0.29, 0.717) is 14.0 Å². The second-order valence-corrected chi connectivity index (χ2v) is 13.9. The molecule has 1 aromatic heterocycles. The van der Waals surface area contributed by atoms with Gasteiger partial charge in [-0.25, -0.2) is 4.79 Å². The molecule has 184 valence electrons. The number of carboxylic acid groups (broad SMARTS) is 1. The van der Waals surface area contributed by atoms with Crippen LogP contribution in [0.1, 0.15) is 36.6 Å². The van der Waals surface area contributed by atoms with Gasteiger partial charge in [0.05, 0.1) is 26.9 Å². The number of likely N-dealkylation sites (tertiary alicyclic amines) is 1. The number of imide groups is 1. The summed E-state index contributed by atoms with van der Waals surface area (Å²) in [6.07, 6.45) is 0.771. The molecule has 35 heavy (non-hydrogen) atoms. The van der Waals surface area contributed by atoms with Crippen molar-refractivity contribution in [3.05, 3.63) is 42.6 Å². The molecular weight excluding hydrogens is 547 g/mol. The lowest BCUT2D eigenvalue weighted by Gasteiger charge is -2.43. The number of rotatable bonds is 4. The molecule has 2 bridgehead atoms. The van der Waals surface area contributed by atoms with E-state index in [1.807, 2.05) is 12.1 Å². The summed E-state index contributed by atoms with van der Waals surface area (Å²) in [6, 6.07) is 4.47. The molecule has 0 spiro atoms. The van der Waals surface area contributed by atoms with Crippen LogP contribution in [-0.4, -0.2) is 44.1 Å². The van der Waals surface area contributed by atoms with Gasteiger partial charge in [-0.2, -0.15) is 0 Å². The first-order chi connectivity index (χ1) is 16.6. The van der Waals surface area contributed by atoms with Crippen LogP contribution in [0.25, 0.3) is 0 Å². The highest BCUT2D eigenvalue weighted by atomic mass is 35.5. The van der Waals surface area contributed by atoms with Crippen molar-refractivity contribution in [1.29, 1.82) is 0 Å². The van der Waals surface area contributed by atoms with E-state index in [-0.39, 0.29) is 46.7 Å². The van der Waals surface area contributed by atoms with Gasteiger partial charge in [0.1, 0.15) is 6.04 Å². The van der Waals surface area contributed by atoms with E-state index in [4.69, 9.17) is 35.4 Å². The molecule has 0 radical (unpaired) electrons. The SMILES string of the molecule is CC(C)C(C(=O)O)N1C(=O)C2C3CC(C2C1=O)C1C(c2cccc(Cl)c2Cl)c2sc(=S)[nH]c2SC31. The smallest absolute Gasteiger partial charge is 0.327 e. The normalized spacial score (nSPS) is 33.7. The first kappa shape index (κ1) is 24.0. The fourth-order valence-electron chi connectivity index (χ4n) is 7.12. The number of thioether (sulfide) groups is 1. The van der Waals surface area contributed by atoms with Crippen LogP contribution >= 0.6 is 58.5 Å². The quantitative estimate of drug-likeness (QED) is 0.363. The highest BCUT2D eigenvalue weighted by Crippen LogP contribution is 2.69. The van der Waals surface area contributed by atoms with Crippen molar-refractivity contribution in [1.82, 2.24) is 9.88 Å². The van der Waals surface area contributed by atoms with Crippen LogP contribution in [0.5, 0.6) is 0 Å². The average Bonchev–Trinajstić information content (AvgIpc) is 3.51. The number of benzene rings is 1. The number of nitrogens with one attached hydrogen (secondary N) is 1. The summed E-state index contributed by atoms with van der Waals surface area (Å²) in [7, 11) is 0. The predicted octanol–water partition coefficient (Wildman–Crippen LogP) is 5.69. The van der Waals surface area contributed by atoms with Crippen LogP contribution in [0.15, 0.2) is 23.2 Å². The number of fused-ring (bicyclic) bond motifs is 9. The molecule has 2 N–H and O–H groups in total. The third-order valence-electron chi connectivity index (χ3n) is 8.24. The van der Waals surface area contributed by atoms with Gasteiger partial charge in [0.25, 0.3) is 0 Å². The molecule has 1 saturated heterocycles. The number of aromatic nitrogens is 1. The Bertz CT molecular complexity index is 1340. The van der Waals surface area contributed by atoms with Crippen molar-refractivity contribution in [2.24, 2.45) is 35.5 Å². The maximum absolute atomic E-state index is 13.7. The molecule has 6 nitrogen and oxygen atoms in total. The monoisotopic (exact) mass is 568 g/mol. The molecule has 1 aromatic carbocycles. The van der Waals surface area contributed by atoms with Gasteiger partial charge in [0, 0.05) is 16.0 Å². The number of aliphatic carboxylic acids is 1.